The zero-order valence-electron chi connectivity index (χ0n) is 17.3. The molecule has 0 atom stereocenters. The standard InChI is InChI=1S/C22H33N5O2/c28-20(23-13-8-16-25-14-5-2-6-15-25)17-26-19-11-7-12-24-21(19)27(22(26)29)18-9-3-1-4-10-18/h7,11-12,18H,1-6,8-10,13-17H2,(H,23,28). The topological polar surface area (TPSA) is 72.2 Å². The molecule has 2 aromatic rings. The predicted octanol–water partition coefficient (Wildman–Crippen LogP) is 2.70. The number of aromatic nitrogens is 3. The Morgan fingerprint density at radius 1 is 1.10 bits per heavy atom. The fourth-order valence-electron chi connectivity index (χ4n) is 4.84. The van der Waals surface area contributed by atoms with E-state index in [4.69, 9.17) is 0 Å². The summed E-state index contributed by atoms with van der Waals surface area (Å²) in [5.74, 6) is -0.0997. The van der Waals surface area contributed by atoms with Crippen molar-refractivity contribution in [1.29, 1.82) is 0 Å². The molecule has 0 bridgehead atoms. The molecular formula is C22H33N5O2. The van der Waals surface area contributed by atoms with E-state index in [0.29, 0.717) is 12.2 Å². The molecule has 1 aliphatic heterocycles. The second-order valence-electron chi connectivity index (χ2n) is 8.48. The van der Waals surface area contributed by atoms with E-state index in [1.807, 2.05) is 16.7 Å². The van der Waals surface area contributed by atoms with Gasteiger partial charge in [-0.15, -0.1) is 0 Å². The van der Waals surface area contributed by atoms with E-state index in [1.165, 1.54) is 38.8 Å². The molecule has 158 valence electrons. The number of likely N-dealkylation sites (tertiary alicyclic amines) is 1. The van der Waals surface area contributed by atoms with Gasteiger partial charge in [-0.05, 0) is 63.9 Å². The lowest BCUT2D eigenvalue weighted by atomic mass is 9.95. The summed E-state index contributed by atoms with van der Waals surface area (Å²) in [4.78, 5) is 32.6. The molecule has 1 N–H and O–H groups in total. The average Bonchev–Trinajstić information content (AvgIpc) is 3.04. The Morgan fingerprint density at radius 2 is 1.86 bits per heavy atom. The van der Waals surface area contributed by atoms with Crippen LogP contribution in [0.5, 0.6) is 0 Å². The van der Waals surface area contributed by atoms with Crippen molar-refractivity contribution < 1.29 is 4.79 Å². The Morgan fingerprint density at radius 3 is 2.66 bits per heavy atom. The van der Waals surface area contributed by atoms with E-state index in [1.54, 1.807) is 10.8 Å². The summed E-state index contributed by atoms with van der Waals surface area (Å²) in [5, 5.41) is 3.00. The normalized spacial score (nSPS) is 18.9. The number of nitrogens with zero attached hydrogens (tertiary/aromatic N) is 4. The van der Waals surface area contributed by atoms with Gasteiger partial charge in [0.05, 0.1) is 5.52 Å². The van der Waals surface area contributed by atoms with Crippen molar-refractivity contribution in [3.8, 4) is 0 Å². The number of nitrogens with one attached hydrogen (secondary N) is 1. The first-order valence-corrected chi connectivity index (χ1v) is 11.3. The van der Waals surface area contributed by atoms with Crippen LogP contribution >= 0.6 is 0 Å². The van der Waals surface area contributed by atoms with E-state index in [9.17, 15) is 9.59 Å². The predicted molar refractivity (Wildman–Crippen MR) is 114 cm³/mol. The van der Waals surface area contributed by atoms with Gasteiger partial charge in [0.1, 0.15) is 6.54 Å². The van der Waals surface area contributed by atoms with E-state index < -0.39 is 0 Å². The fourth-order valence-corrected chi connectivity index (χ4v) is 4.84. The smallest absolute Gasteiger partial charge is 0.331 e. The van der Waals surface area contributed by atoms with Gasteiger partial charge in [0.2, 0.25) is 5.91 Å². The van der Waals surface area contributed by atoms with Crippen molar-refractivity contribution in [3.05, 3.63) is 28.8 Å². The number of hydrogen-bond donors (Lipinski definition) is 1. The highest BCUT2D eigenvalue weighted by atomic mass is 16.2. The van der Waals surface area contributed by atoms with Gasteiger partial charge in [-0.3, -0.25) is 13.9 Å². The molecule has 0 radical (unpaired) electrons. The number of carbonyl (C=O) groups is 1. The molecule has 29 heavy (non-hydrogen) atoms. The summed E-state index contributed by atoms with van der Waals surface area (Å²) in [6.45, 7) is 4.10. The lowest BCUT2D eigenvalue weighted by Crippen LogP contribution is -2.36. The summed E-state index contributed by atoms with van der Waals surface area (Å²) in [7, 11) is 0. The minimum absolute atomic E-state index is 0.0600. The molecule has 1 saturated carbocycles. The summed E-state index contributed by atoms with van der Waals surface area (Å²) in [6, 6.07) is 3.93. The first-order valence-electron chi connectivity index (χ1n) is 11.3. The maximum absolute atomic E-state index is 13.2. The monoisotopic (exact) mass is 399 g/mol. The molecule has 1 saturated heterocycles. The maximum atomic E-state index is 13.2. The van der Waals surface area contributed by atoms with Crippen LogP contribution in [-0.4, -0.2) is 51.1 Å². The fraction of sp³-hybridized carbons (Fsp3) is 0.682. The van der Waals surface area contributed by atoms with Gasteiger partial charge >= 0.3 is 5.69 Å². The third-order valence-electron chi connectivity index (χ3n) is 6.39. The molecule has 3 heterocycles. The summed E-state index contributed by atoms with van der Waals surface area (Å²) >= 11 is 0. The van der Waals surface area contributed by atoms with Crippen LogP contribution in [0.15, 0.2) is 23.1 Å². The second-order valence-corrected chi connectivity index (χ2v) is 8.48. The van der Waals surface area contributed by atoms with Crippen LogP contribution in [0.2, 0.25) is 0 Å². The van der Waals surface area contributed by atoms with Crippen LogP contribution in [0, 0.1) is 0 Å². The SMILES string of the molecule is O=C(Cn1c(=O)n(C2CCCCC2)c2ncccc21)NCCCN1CCCCC1. The van der Waals surface area contributed by atoms with Gasteiger partial charge in [0.25, 0.3) is 0 Å². The van der Waals surface area contributed by atoms with Crippen LogP contribution in [0.1, 0.15) is 63.8 Å². The third-order valence-corrected chi connectivity index (χ3v) is 6.39. The second kappa shape index (κ2) is 9.57. The summed E-state index contributed by atoms with van der Waals surface area (Å²) in [6.07, 6.45) is 12.1. The highest BCUT2D eigenvalue weighted by molar-refractivity contribution is 5.79. The first-order chi connectivity index (χ1) is 14.2. The van der Waals surface area contributed by atoms with Crippen molar-refractivity contribution in [2.24, 2.45) is 0 Å². The van der Waals surface area contributed by atoms with E-state index in [-0.39, 0.29) is 24.2 Å². The Labute approximate surface area is 172 Å². The highest BCUT2D eigenvalue weighted by Gasteiger charge is 2.23. The number of piperidine rings is 1. The number of rotatable bonds is 7. The molecule has 1 amide bonds. The van der Waals surface area contributed by atoms with Crippen LogP contribution in [-0.2, 0) is 11.3 Å². The number of fused-ring (bicyclic) bond motifs is 1. The van der Waals surface area contributed by atoms with Crippen molar-refractivity contribution in [2.75, 3.05) is 26.2 Å². The molecule has 0 spiro atoms. The maximum Gasteiger partial charge on any atom is 0.331 e. The van der Waals surface area contributed by atoms with Gasteiger partial charge in [-0.1, -0.05) is 25.7 Å². The molecular weight excluding hydrogens is 366 g/mol. The average molecular weight is 400 g/mol. The van der Waals surface area contributed by atoms with Crippen molar-refractivity contribution in [2.45, 2.75) is 70.4 Å². The quantitative estimate of drug-likeness (QED) is 0.727. The zero-order valence-corrected chi connectivity index (χ0v) is 17.3. The molecule has 1 aliphatic carbocycles. The highest BCUT2D eigenvalue weighted by Crippen LogP contribution is 2.29. The molecule has 0 aromatic carbocycles. The summed E-state index contributed by atoms with van der Waals surface area (Å²) in [5.41, 5.74) is 1.36. The Balaban J connectivity index is 1.40. The van der Waals surface area contributed by atoms with E-state index in [2.05, 4.69) is 15.2 Å². The molecule has 7 heteroatoms. The van der Waals surface area contributed by atoms with Crippen LogP contribution in [0.3, 0.4) is 0 Å². The Kier molecular flexibility index (Phi) is 6.64. The Hall–Kier alpha value is -2.15. The lowest BCUT2D eigenvalue weighted by molar-refractivity contribution is -0.121. The number of imidazole rings is 1. The number of carbonyl (C=O) groups excluding carboxylic acids is 1. The molecule has 4 rings (SSSR count). The number of hydrogen-bond acceptors (Lipinski definition) is 4. The van der Waals surface area contributed by atoms with Crippen molar-refractivity contribution in [3.63, 3.8) is 0 Å². The van der Waals surface area contributed by atoms with Gasteiger partial charge in [0, 0.05) is 18.8 Å². The molecule has 2 fully saturated rings. The van der Waals surface area contributed by atoms with Crippen LogP contribution in [0.25, 0.3) is 11.2 Å². The Bertz CT molecular complexity index is 875. The molecule has 7 nitrogen and oxygen atoms in total. The van der Waals surface area contributed by atoms with Crippen molar-refractivity contribution >= 4 is 17.1 Å². The van der Waals surface area contributed by atoms with Gasteiger partial charge in [-0.2, -0.15) is 0 Å². The van der Waals surface area contributed by atoms with Gasteiger partial charge < -0.3 is 10.2 Å². The van der Waals surface area contributed by atoms with Crippen LogP contribution in [0.4, 0.5) is 0 Å². The van der Waals surface area contributed by atoms with Crippen LogP contribution < -0.4 is 11.0 Å². The number of pyridine rings is 1. The largest absolute Gasteiger partial charge is 0.354 e. The minimum Gasteiger partial charge on any atom is -0.354 e. The van der Waals surface area contributed by atoms with Crippen molar-refractivity contribution in [1.82, 2.24) is 24.3 Å². The molecule has 0 unspecified atom stereocenters. The minimum atomic E-state index is -0.103. The first kappa shape index (κ1) is 20.1. The van der Waals surface area contributed by atoms with Gasteiger partial charge in [0.15, 0.2) is 5.65 Å². The molecule has 2 aliphatic rings. The van der Waals surface area contributed by atoms with E-state index >= 15 is 0 Å². The summed E-state index contributed by atoms with van der Waals surface area (Å²) < 4.78 is 3.43. The van der Waals surface area contributed by atoms with E-state index in [0.717, 1.165) is 44.2 Å². The molecule has 2 aromatic heterocycles. The lowest BCUT2D eigenvalue weighted by Gasteiger charge is -2.26. The zero-order chi connectivity index (χ0) is 20.1. The number of amides is 1. The third kappa shape index (κ3) is 4.71. The van der Waals surface area contributed by atoms with Gasteiger partial charge in [-0.25, -0.2) is 9.78 Å².